The Bertz CT molecular complexity index is 393. The first-order valence-electron chi connectivity index (χ1n) is 7.23. The molecule has 1 rings (SSSR count). The summed E-state index contributed by atoms with van der Waals surface area (Å²) in [7, 11) is 1.49. The molecule has 0 N–H and O–H groups in total. The average Bonchev–Trinajstić information content (AvgIpc) is 2.39. The maximum atomic E-state index is 5.62. The first-order chi connectivity index (χ1) is 8.80. The number of rotatable bonds is 6. The Hall–Kier alpha value is -0.550. The van der Waals surface area contributed by atoms with Crippen LogP contribution in [0.3, 0.4) is 0 Å². The summed E-state index contributed by atoms with van der Waals surface area (Å²) in [5.41, 5.74) is 0. The number of benzene rings is 1. The Labute approximate surface area is 120 Å². The van der Waals surface area contributed by atoms with E-state index in [4.69, 9.17) is 4.74 Å². The van der Waals surface area contributed by atoms with Gasteiger partial charge in [0.2, 0.25) is 0 Å². The van der Waals surface area contributed by atoms with Crippen LogP contribution in [0.5, 0.6) is 5.75 Å². The summed E-state index contributed by atoms with van der Waals surface area (Å²) >= 11 is 0. The van der Waals surface area contributed by atoms with Crippen LogP contribution in [-0.4, -0.2) is 17.4 Å². The lowest BCUT2D eigenvalue weighted by molar-refractivity contribution is 0.418. The fourth-order valence-electron chi connectivity index (χ4n) is 2.60. The summed E-state index contributed by atoms with van der Waals surface area (Å²) in [6.07, 6.45) is 2.39. The molecule has 0 spiro atoms. The molecule has 0 aliphatic heterocycles. The van der Waals surface area contributed by atoms with Crippen molar-refractivity contribution in [1.82, 2.24) is 0 Å². The predicted molar refractivity (Wildman–Crippen MR) is 88.3 cm³/mol. The van der Waals surface area contributed by atoms with Gasteiger partial charge in [0.15, 0.2) is 0 Å². The largest absolute Gasteiger partial charge is 0.496 e. The molecule has 1 aromatic rings. The van der Waals surface area contributed by atoms with Crippen molar-refractivity contribution in [1.29, 1.82) is 0 Å². The van der Waals surface area contributed by atoms with Gasteiger partial charge in [0.05, 0.1) is 7.11 Å². The zero-order valence-corrected chi connectivity index (χ0v) is 14.5. The van der Waals surface area contributed by atoms with Crippen LogP contribution in [0.2, 0.25) is 0 Å². The van der Waals surface area contributed by atoms with Gasteiger partial charge in [-0.05, 0) is 29.2 Å². The normalized spacial score (nSPS) is 12.8. The van der Waals surface area contributed by atoms with E-state index in [1.807, 2.05) is 0 Å². The third-order valence-corrected chi connectivity index (χ3v) is 8.17. The second-order valence-electron chi connectivity index (χ2n) is 6.34. The molecule has 19 heavy (non-hydrogen) atoms. The highest BCUT2D eigenvalue weighted by atomic mass is 31.1. The molecule has 0 saturated carbocycles. The number of hydrogen-bond acceptors (Lipinski definition) is 1. The SMILES string of the molecule is CCC(C)(C)P(c1ccccc1OC)C(C)(C)CC. The maximum Gasteiger partial charge on any atom is 0.126 e. The predicted octanol–water partition coefficient (Wildman–Crippen LogP) is 5.18. The first-order valence-corrected chi connectivity index (χ1v) is 8.57. The number of methoxy groups -OCH3 is 1. The lowest BCUT2D eigenvalue weighted by Gasteiger charge is -2.45. The molecule has 0 radical (unpaired) electrons. The van der Waals surface area contributed by atoms with Crippen molar-refractivity contribution in [2.45, 2.75) is 64.7 Å². The van der Waals surface area contributed by atoms with E-state index >= 15 is 0 Å². The van der Waals surface area contributed by atoms with E-state index in [9.17, 15) is 0 Å². The molecule has 0 atom stereocenters. The lowest BCUT2D eigenvalue weighted by Crippen LogP contribution is -2.34. The van der Waals surface area contributed by atoms with Crippen molar-refractivity contribution in [3.63, 3.8) is 0 Å². The van der Waals surface area contributed by atoms with Crippen molar-refractivity contribution in [2.75, 3.05) is 7.11 Å². The smallest absolute Gasteiger partial charge is 0.126 e. The van der Waals surface area contributed by atoms with Gasteiger partial charge in [0, 0.05) is 5.30 Å². The Balaban J connectivity index is 3.40. The van der Waals surface area contributed by atoms with E-state index in [0.717, 1.165) is 5.75 Å². The van der Waals surface area contributed by atoms with Gasteiger partial charge >= 0.3 is 0 Å². The summed E-state index contributed by atoms with van der Waals surface area (Å²) in [6, 6.07) is 8.57. The fraction of sp³-hybridized carbons (Fsp3) is 0.647. The third-order valence-electron chi connectivity index (χ3n) is 4.27. The van der Waals surface area contributed by atoms with Crippen molar-refractivity contribution in [3.05, 3.63) is 24.3 Å². The number of ether oxygens (including phenoxy) is 1. The highest BCUT2D eigenvalue weighted by Gasteiger charge is 2.40. The van der Waals surface area contributed by atoms with Gasteiger partial charge in [-0.2, -0.15) is 0 Å². The molecular formula is C17H29OP. The maximum absolute atomic E-state index is 5.62. The van der Waals surface area contributed by atoms with Gasteiger partial charge in [-0.15, -0.1) is 0 Å². The second-order valence-corrected chi connectivity index (χ2v) is 9.91. The van der Waals surface area contributed by atoms with Crippen LogP contribution in [-0.2, 0) is 0 Å². The van der Waals surface area contributed by atoms with Crippen LogP contribution < -0.4 is 10.0 Å². The highest BCUT2D eigenvalue weighted by Crippen LogP contribution is 2.62. The van der Waals surface area contributed by atoms with E-state index in [1.165, 1.54) is 18.1 Å². The lowest BCUT2D eigenvalue weighted by atomic mass is 10.1. The zero-order valence-electron chi connectivity index (χ0n) is 13.6. The van der Waals surface area contributed by atoms with Gasteiger partial charge in [-0.3, -0.25) is 0 Å². The van der Waals surface area contributed by atoms with Crippen LogP contribution in [0.25, 0.3) is 0 Å². The minimum absolute atomic E-state index is 0.294. The van der Waals surface area contributed by atoms with Gasteiger partial charge in [0.1, 0.15) is 5.75 Å². The number of para-hydroxylation sites is 1. The summed E-state index contributed by atoms with van der Waals surface area (Å²) in [5.74, 6) is 1.05. The average molecular weight is 280 g/mol. The summed E-state index contributed by atoms with van der Waals surface area (Å²) in [5, 5.41) is 2.06. The van der Waals surface area contributed by atoms with Crippen LogP contribution in [0, 0.1) is 0 Å². The molecule has 0 aliphatic rings. The first kappa shape index (κ1) is 16.5. The molecular weight excluding hydrogens is 251 g/mol. The molecule has 0 bridgehead atoms. The molecule has 0 aromatic heterocycles. The molecule has 0 heterocycles. The summed E-state index contributed by atoms with van der Waals surface area (Å²) in [6.45, 7) is 14.2. The van der Waals surface area contributed by atoms with Gasteiger partial charge in [0.25, 0.3) is 0 Å². The van der Waals surface area contributed by atoms with Crippen molar-refractivity contribution < 1.29 is 4.74 Å². The molecule has 1 aromatic carbocycles. The van der Waals surface area contributed by atoms with Crippen molar-refractivity contribution in [3.8, 4) is 5.75 Å². The topological polar surface area (TPSA) is 9.23 Å². The summed E-state index contributed by atoms with van der Waals surface area (Å²) in [4.78, 5) is 0. The molecule has 2 heteroatoms. The van der Waals surface area contributed by atoms with Crippen LogP contribution in [0.1, 0.15) is 54.4 Å². The van der Waals surface area contributed by atoms with E-state index in [-0.39, 0.29) is 7.92 Å². The Morgan fingerprint density at radius 3 is 1.84 bits per heavy atom. The second kappa shape index (κ2) is 6.27. The monoisotopic (exact) mass is 280 g/mol. The van der Waals surface area contributed by atoms with Crippen LogP contribution >= 0.6 is 7.92 Å². The fourth-order valence-corrected chi connectivity index (χ4v) is 6.80. The standard InChI is InChI=1S/C17H29OP/c1-8-16(3,4)19(17(5,6)9-2)15-13-11-10-12-14(15)18-7/h10-13H,8-9H2,1-7H3. The molecule has 1 nitrogen and oxygen atoms in total. The highest BCUT2D eigenvalue weighted by molar-refractivity contribution is 7.68. The summed E-state index contributed by atoms with van der Waals surface area (Å²) < 4.78 is 5.62. The minimum atomic E-state index is -0.294. The van der Waals surface area contributed by atoms with E-state index in [0.29, 0.717) is 10.3 Å². The quantitative estimate of drug-likeness (QED) is 0.652. The van der Waals surface area contributed by atoms with Crippen LogP contribution in [0.15, 0.2) is 24.3 Å². The molecule has 0 unspecified atom stereocenters. The minimum Gasteiger partial charge on any atom is -0.496 e. The van der Waals surface area contributed by atoms with Gasteiger partial charge in [-0.1, -0.05) is 67.7 Å². The van der Waals surface area contributed by atoms with E-state index in [1.54, 1.807) is 7.11 Å². The zero-order chi connectivity index (χ0) is 14.7. The van der Waals surface area contributed by atoms with E-state index < -0.39 is 0 Å². The Morgan fingerprint density at radius 2 is 1.42 bits per heavy atom. The molecule has 0 fully saturated rings. The molecule has 0 aliphatic carbocycles. The third kappa shape index (κ3) is 3.51. The molecule has 0 saturated heterocycles. The Morgan fingerprint density at radius 1 is 0.947 bits per heavy atom. The molecule has 108 valence electrons. The molecule has 0 amide bonds. The van der Waals surface area contributed by atoms with Crippen molar-refractivity contribution >= 4 is 13.2 Å². The number of hydrogen-bond donors (Lipinski definition) is 0. The van der Waals surface area contributed by atoms with E-state index in [2.05, 4.69) is 65.8 Å². The van der Waals surface area contributed by atoms with Crippen LogP contribution in [0.4, 0.5) is 0 Å². The van der Waals surface area contributed by atoms with Crippen molar-refractivity contribution in [2.24, 2.45) is 0 Å². The Kier molecular flexibility index (Phi) is 5.44. The van der Waals surface area contributed by atoms with Gasteiger partial charge in [-0.25, -0.2) is 0 Å². The van der Waals surface area contributed by atoms with Gasteiger partial charge < -0.3 is 4.74 Å².